The van der Waals surface area contributed by atoms with Gasteiger partial charge in [-0.3, -0.25) is 0 Å². The average Bonchev–Trinajstić information content (AvgIpc) is 2.78. The summed E-state index contributed by atoms with van der Waals surface area (Å²) in [5.74, 6) is 0.816. The number of hydrogen-bond acceptors (Lipinski definition) is 7. The fraction of sp³-hybridized carbons (Fsp3) is 0.391. The van der Waals surface area contributed by atoms with Crippen molar-refractivity contribution in [1.29, 1.82) is 5.26 Å². The molecule has 0 saturated carbocycles. The molecule has 1 saturated heterocycles. The molecule has 7 heteroatoms. The molecule has 1 atom stereocenters. The number of ether oxygens (including phenoxy) is 4. The Morgan fingerprint density at radius 2 is 1.90 bits per heavy atom. The summed E-state index contributed by atoms with van der Waals surface area (Å²) in [4.78, 5) is 12.6. The molecule has 1 N–H and O–H groups in total. The van der Waals surface area contributed by atoms with Gasteiger partial charge in [-0.1, -0.05) is 0 Å². The number of methoxy groups -OCH3 is 1. The van der Waals surface area contributed by atoms with Gasteiger partial charge in [-0.2, -0.15) is 5.26 Å². The van der Waals surface area contributed by atoms with Gasteiger partial charge < -0.3 is 24.3 Å². The first kappa shape index (κ1) is 21.5. The van der Waals surface area contributed by atoms with E-state index in [4.69, 9.17) is 24.2 Å². The van der Waals surface area contributed by atoms with Gasteiger partial charge >= 0.3 is 5.97 Å². The maximum absolute atomic E-state index is 12.6. The van der Waals surface area contributed by atoms with Gasteiger partial charge in [0.1, 0.15) is 17.6 Å². The summed E-state index contributed by atoms with van der Waals surface area (Å²) >= 11 is 0. The van der Waals surface area contributed by atoms with Crippen LogP contribution < -0.4 is 14.8 Å². The minimum Gasteiger partial charge on any atom is -0.494 e. The topological polar surface area (TPSA) is 89.8 Å². The fourth-order valence-corrected chi connectivity index (χ4v) is 3.27. The summed E-state index contributed by atoms with van der Waals surface area (Å²) < 4.78 is 22.3. The van der Waals surface area contributed by atoms with Crippen LogP contribution in [0.15, 0.2) is 42.5 Å². The molecule has 0 spiro atoms. The quantitative estimate of drug-likeness (QED) is 0.661. The minimum atomic E-state index is -0.764. The molecular formula is C23H26N2O5. The highest BCUT2D eigenvalue weighted by molar-refractivity contribution is 5.81. The van der Waals surface area contributed by atoms with E-state index in [1.165, 1.54) is 7.11 Å². The number of hydrogen-bond donors (Lipinski definition) is 1. The van der Waals surface area contributed by atoms with E-state index >= 15 is 0 Å². The predicted molar refractivity (Wildman–Crippen MR) is 112 cm³/mol. The summed E-state index contributed by atoms with van der Waals surface area (Å²) in [7, 11) is 1.35. The molecule has 0 aromatic heterocycles. The zero-order chi connectivity index (χ0) is 21.3. The van der Waals surface area contributed by atoms with E-state index in [1.807, 2.05) is 19.1 Å². The van der Waals surface area contributed by atoms with Crippen LogP contribution in [0.5, 0.6) is 11.5 Å². The molecule has 1 aliphatic heterocycles. The highest BCUT2D eigenvalue weighted by Crippen LogP contribution is 2.31. The second-order valence-corrected chi connectivity index (χ2v) is 6.89. The number of anilines is 1. The third-order valence-corrected chi connectivity index (χ3v) is 4.78. The molecule has 3 rings (SSSR count). The summed E-state index contributed by atoms with van der Waals surface area (Å²) in [5, 5.41) is 12.2. The Morgan fingerprint density at radius 1 is 1.20 bits per heavy atom. The van der Waals surface area contributed by atoms with Crippen molar-refractivity contribution in [2.24, 2.45) is 0 Å². The van der Waals surface area contributed by atoms with Gasteiger partial charge in [0.25, 0.3) is 0 Å². The van der Waals surface area contributed by atoms with Crippen molar-refractivity contribution in [3.05, 3.63) is 53.6 Å². The first-order valence-electron chi connectivity index (χ1n) is 9.99. The standard InChI is InChI=1S/C23H26N2O5/c1-3-29-20-12-17(13-21(14-20)30-19-8-10-28-11-9-19)22(23(26)27-2)25-18-6-4-16(15-24)5-7-18/h4-7,12-14,19,22,25H,3,8-11H2,1-2H3. The Bertz CT molecular complexity index is 885. The number of rotatable bonds is 8. The molecule has 0 radical (unpaired) electrons. The second kappa shape index (κ2) is 10.5. The molecule has 1 aliphatic rings. The summed E-state index contributed by atoms with van der Waals surface area (Å²) in [6.45, 7) is 3.74. The lowest BCUT2D eigenvalue weighted by atomic mass is 10.0. The van der Waals surface area contributed by atoms with Crippen molar-refractivity contribution in [3.8, 4) is 17.6 Å². The lowest BCUT2D eigenvalue weighted by Crippen LogP contribution is -2.26. The van der Waals surface area contributed by atoms with Crippen LogP contribution in [0.3, 0.4) is 0 Å². The Morgan fingerprint density at radius 3 is 2.53 bits per heavy atom. The van der Waals surface area contributed by atoms with E-state index in [0.717, 1.165) is 12.8 Å². The Hall–Kier alpha value is -3.24. The molecule has 2 aromatic rings. The third kappa shape index (κ3) is 5.65. The van der Waals surface area contributed by atoms with Crippen molar-refractivity contribution in [1.82, 2.24) is 0 Å². The minimum absolute atomic E-state index is 0.0616. The van der Waals surface area contributed by atoms with E-state index < -0.39 is 12.0 Å². The molecule has 158 valence electrons. The van der Waals surface area contributed by atoms with Gasteiger partial charge in [-0.15, -0.1) is 0 Å². The maximum Gasteiger partial charge on any atom is 0.332 e. The predicted octanol–water partition coefficient (Wildman–Crippen LogP) is 3.84. The Balaban J connectivity index is 1.89. The van der Waals surface area contributed by atoms with E-state index in [2.05, 4.69) is 11.4 Å². The van der Waals surface area contributed by atoms with Crippen molar-refractivity contribution >= 4 is 11.7 Å². The maximum atomic E-state index is 12.6. The molecule has 2 aromatic carbocycles. The number of nitrogens with zero attached hydrogens (tertiary/aromatic N) is 1. The first-order chi connectivity index (χ1) is 14.6. The van der Waals surface area contributed by atoms with Gasteiger partial charge in [0.15, 0.2) is 6.04 Å². The van der Waals surface area contributed by atoms with Gasteiger partial charge in [-0.25, -0.2) is 4.79 Å². The summed E-state index contributed by atoms with van der Waals surface area (Å²) in [6, 6.07) is 13.7. The molecule has 30 heavy (non-hydrogen) atoms. The molecule has 7 nitrogen and oxygen atoms in total. The van der Waals surface area contributed by atoms with Crippen LogP contribution in [0.25, 0.3) is 0 Å². The monoisotopic (exact) mass is 410 g/mol. The number of nitrogens with one attached hydrogen (secondary N) is 1. The number of carbonyl (C=O) groups excluding carboxylic acids is 1. The Kier molecular flexibility index (Phi) is 7.52. The lowest BCUT2D eigenvalue weighted by Gasteiger charge is -2.25. The number of carbonyl (C=O) groups is 1. The Labute approximate surface area is 176 Å². The highest BCUT2D eigenvalue weighted by atomic mass is 16.5. The highest BCUT2D eigenvalue weighted by Gasteiger charge is 2.24. The molecule has 1 unspecified atom stereocenters. The van der Waals surface area contributed by atoms with E-state index in [1.54, 1.807) is 30.3 Å². The van der Waals surface area contributed by atoms with Crippen LogP contribution in [0.2, 0.25) is 0 Å². The second-order valence-electron chi connectivity index (χ2n) is 6.89. The first-order valence-corrected chi connectivity index (χ1v) is 9.99. The van der Waals surface area contributed by atoms with Crippen LogP contribution in [-0.4, -0.2) is 39.0 Å². The van der Waals surface area contributed by atoms with E-state index in [-0.39, 0.29) is 6.10 Å². The smallest absolute Gasteiger partial charge is 0.332 e. The van der Waals surface area contributed by atoms with Crippen molar-refractivity contribution in [2.75, 3.05) is 32.2 Å². The number of esters is 1. The van der Waals surface area contributed by atoms with Crippen molar-refractivity contribution < 1.29 is 23.7 Å². The van der Waals surface area contributed by atoms with Crippen LogP contribution in [-0.2, 0) is 14.3 Å². The van der Waals surface area contributed by atoms with Crippen molar-refractivity contribution in [3.63, 3.8) is 0 Å². The summed E-state index contributed by atoms with van der Waals surface area (Å²) in [5.41, 5.74) is 1.90. The zero-order valence-corrected chi connectivity index (χ0v) is 17.2. The summed E-state index contributed by atoms with van der Waals surface area (Å²) in [6.07, 6.45) is 1.70. The van der Waals surface area contributed by atoms with E-state index in [0.29, 0.717) is 48.1 Å². The number of benzene rings is 2. The molecule has 1 fully saturated rings. The molecule has 0 aliphatic carbocycles. The van der Waals surface area contributed by atoms with Gasteiger partial charge in [-0.05, 0) is 48.9 Å². The van der Waals surface area contributed by atoms with Crippen LogP contribution in [0.1, 0.15) is 36.9 Å². The van der Waals surface area contributed by atoms with Crippen LogP contribution in [0, 0.1) is 11.3 Å². The largest absolute Gasteiger partial charge is 0.494 e. The van der Waals surface area contributed by atoms with Gasteiger partial charge in [0.2, 0.25) is 0 Å². The average molecular weight is 410 g/mol. The molecule has 1 heterocycles. The van der Waals surface area contributed by atoms with E-state index in [9.17, 15) is 4.79 Å². The van der Waals surface area contributed by atoms with Crippen LogP contribution >= 0.6 is 0 Å². The lowest BCUT2D eigenvalue weighted by molar-refractivity contribution is -0.141. The van der Waals surface area contributed by atoms with Gasteiger partial charge in [0, 0.05) is 24.6 Å². The van der Waals surface area contributed by atoms with Crippen LogP contribution in [0.4, 0.5) is 5.69 Å². The van der Waals surface area contributed by atoms with Crippen molar-refractivity contribution in [2.45, 2.75) is 31.9 Å². The fourth-order valence-electron chi connectivity index (χ4n) is 3.27. The van der Waals surface area contributed by atoms with Gasteiger partial charge in [0.05, 0.1) is 38.6 Å². The zero-order valence-electron chi connectivity index (χ0n) is 17.2. The molecular weight excluding hydrogens is 384 g/mol. The normalized spacial score (nSPS) is 15.0. The molecule has 0 amide bonds. The number of nitriles is 1. The SMILES string of the molecule is CCOc1cc(OC2CCOCC2)cc(C(Nc2ccc(C#N)cc2)C(=O)OC)c1. The molecule has 0 bridgehead atoms. The third-order valence-electron chi connectivity index (χ3n) is 4.78.